The van der Waals surface area contributed by atoms with Crippen LogP contribution in [0, 0.1) is 11.7 Å². The fraction of sp³-hybridized carbons (Fsp3) is 0.500. The summed E-state index contributed by atoms with van der Waals surface area (Å²) in [6, 6.07) is 4.90. The van der Waals surface area contributed by atoms with E-state index in [2.05, 4.69) is 5.32 Å². The second-order valence-corrected chi connectivity index (χ2v) is 7.18. The van der Waals surface area contributed by atoms with E-state index in [1.54, 1.807) is 0 Å². The summed E-state index contributed by atoms with van der Waals surface area (Å²) in [7, 11) is -3.78. The monoisotopic (exact) mass is 365 g/mol. The second-order valence-electron chi connectivity index (χ2n) is 5.24. The Morgan fingerprint density at radius 1 is 1.43 bits per heavy atom. The molecular weight excluding hydrogens is 345 g/mol. The Kier molecular flexibility index (Phi) is 7.40. The molecule has 3 N–H and O–H groups in total. The molecule has 1 fully saturated rings. The molecule has 130 valence electrons. The number of sulfonamides is 1. The van der Waals surface area contributed by atoms with Crippen LogP contribution in [-0.4, -0.2) is 44.8 Å². The Morgan fingerprint density at radius 3 is 2.83 bits per heavy atom. The molecule has 0 radical (unpaired) electrons. The Bertz CT molecular complexity index is 642. The van der Waals surface area contributed by atoms with Gasteiger partial charge in [-0.3, -0.25) is 4.79 Å². The molecule has 0 aromatic heterocycles. The van der Waals surface area contributed by atoms with E-state index in [9.17, 15) is 17.6 Å². The van der Waals surface area contributed by atoms with Gasteiger partial charge in [-0.1, -0.05) is 6.07 Å². The molecule has 0 aliphatic carbocycles. The molecule has 2 rings (SSSR count). The lowest BCUT2D eigenvalue weighted by molar-refractivity contribution is -0.126. The van der Waals surface area contributed by atoms with E-state index in [1.807, 2.05) is 0 Å². The van der Waals surface area contributed by atoms with Crippen LogP contribution in [-0.2, 0) is 14.8 Å². The van der Waals surface area contributed by atoms with Crippen LogP contribution in [0.1, 0.15) is 12.8 Å². The molecule has 1 aliphatic rings. The third-order valence-corrected chi connectivity index (χ3v) is 5.49. The number of carbonyl (C=O) groups excluding carboxylic acids is 1. The van der Waals surface area contributed by atoms with Gasteiger partial charge in [0.1, 0.15) is 5.82 Å². The lowest BCUT2D eigenvalue weighted by Gasteiger charge is -2.31. The van der Waals surface area contributed by atoms with Crippen LogP contribution >= 0.6 is 12.4 Å². The van der Waals surface area contributed by atoms with Crippen molar-refractivity contribution in [1.29, 1.82) is 0 Å². The van der Waals surface area contributed by atoms with Gasteiger partial charge < -0.3 is 11.1 Å². The summed E-state index contributed by atoms with van der Waals surface area (Å²) < 4.78 is 39.6. The molecule has 1 aromatic carbocycles. The number of hydrogen-bond donors (Lipinski definition) is 2. The van der Waals surface area contributed by atoms with Gasteiger partial charge in [0.25, 0.3) is 0 Å². The smallest absolute Gasteiger partial charge is 0.243 e. The summed E-state index contributed by atoms with van der Waals surface area (Å²) in [5.74, 6) is -1.19. The highest BCUT2D eigenvalue weighted by Gasteiger charge is 2.33. The number of carbonyl (C=O) groups is 1. The third kappa shape index (κ3) is 4.87. The quantitative estimate of drug-likeness (QED) is 0.804. The highest BCUT2D eigenvalue weighted by molar-refractivity contribution is 7.89. The molecule has 1 amide bonds. The van der Waals surface area contributed by atoms with Gasteiger partial charge in [-0.2, -0.15) is 4.31 Å². The Hall–Kier alpha value is -1.22. The third-order valence-electron chi connectivity index (χ3n) is 3.63. The van der Waals surface area contributed by atoms with Crippen molar-refractivity contribution in [2.45, 2.75) is 17.7 Å². The van der Waals surface area contributed by atoms with E-state index in [-0.39, 0.29) is 29.8 Å². The van der Waals surface area contributed by atoms with E-state index in [1.165, 1.54) is 22.5 Å². The average Bonchev–Trinajstić information content (AvgIpc) is 2.52. The molecule has 0 bridgehead atoms. The van der Waals surface area contributed by atoms with Gasteiger partial charge in [0.05, 0.1) is 10.8 Å². The number of nitrogens with zero attached hydrogens (tertiary/aromatic N) is 1. The first-order chi connectivity index (χ1) is 10.4. The van der Waals surface area contributed by atoms with Crippen molar-refractivity contribution in [3.05, 3.63) is 30.1 Å². The van der Waals surface area contributed by atoms with Gasteiger partial charge in [-0.25, -0.2) is 12.8 Å². The van der Waals surface area contributed by atoms with E-state index >= 15 is 0 Å². The molecule has 23 heavy (non-hydrogen) atoms. The molecule has 1 atom stereocenters. The molecule has 0 saturated carbocycles. The molecular formula is C14H21ClFN3O3S. The van der Waals surface area contributed by atoms with Gasteiger partial charge in [0.2, 0.25) is 15.9 Å². The first kappa shape index (κ1) is 19.8. The van der Waals surface area contributed by atoms with Gasteiger partial charge in [-0.15, -0.1) is 12.4 Å². The molecule has 1 unspecified atom stereocenters. The minimum Gasteiger partial charge on any atom is -0.355 e. The predicted molar refractivity (Wildman–Crippen MR) is 87.2 cm³/mol. The van der Waals surface area contributed by atoms with E-state index in [0.717, 1.165) is 6.07 Å². The number of halogens is 2. The highest BCUT2D eigenvalue weighted by Crippen LogP contribution is 2.24. The SMILES string of the molecule is Cl.NCCNC(=O)C1CCCN(S(=O)(=O)c2cccc(F)c2)C1. The summed E-state index contributed by atoms with van der Waals surface area (Å²) in [6.07, 6.45) is 1.22. The number of benzene rings is 1. The first-order valence-electron chi connectivity index (χ1n) is 7.18. The zero-order valence-corrected chi connectivity index (χ0v) is 14.2. The van der Waals surface area contributed by atoms with Crippen molar-refractivity contribution in [2.75, 3.05) is 26.2 Å². The molecule has 1 aromatic rings. The van der Waals surface area contributed by atoms with Crippen molar-refractivity contribution >= 4 is 28.3 Å². The van der Waals surface area contributed by atoms with Crippen LogP contribution in [0.3, 0.4) is 0 Å². The van der Waals surface area contributed by atoms with Crippen LogP contribution in [0.4, 0.5) is 4.39 Å². The topological polar surface area (TPSA) is 92.5 Å². The average molecular weight is 366 g/mol. The summed E-state index contributed by atoms with van der Waals surface area (Å²) in [5, 5.41) is 2.68. The number of nitrogens with two attached hydrogens (primary N) is 1. The Morgan fingerprint density at radius 2 is 2.17 bits per heavy atom. The lowest BCUT2D eigenvalue weighted by Crippen LogP contribution is -2.46. The number of rotatable bonds is 5. The zero-order valence-electron chi connectivity index (χ0n) is 12.6. The van der Waals surface area contributed by atoms with E-state index in [0.29, 0.717) is 32.5 Å². The van der Waals surface area contributed by atoms with Gasteiger partial charge in [0, 0.05) is 26.2 Å². The fourth-order valence-electron chi connectivity index (χ4n) is 2.49. The molecule has 1 aliphatic heterocycles. The number of piperidine rings is 1. The van der Waals surface area contributed by atoms with Crippen molar-refractivity contribution in [2.24, 2.45) is 11.7 Å². The van der Waals surface area contributed by atoms with Crippen molar-refractivity contribution < 1.29 is 17.6 Å². The van der Waals surface area contributed by atoms with Crippen LogP contribution in [0.25, 0.3) is 0 Å². The summed E-state index contributed by atoms with van der Waals surface area (Å²) >= 11 is 0. The molecule has 1 saturated heterocycles. The van der Waals surface area contributed by atoms with Gasteiger partial charge in [0.15, 0.2) is 0 Å². The summed E-state index contributed by atoms with van der Waals surface area (Å²) in [5.41, 5.74) is 5.34. The molecule has 6 nitrogen and oxygen atoms in total. The zero-order chi connectivity index (χ0) is 16.2. The number of nitrogens with one attached hydrogen (secondary N) is 1. The standard InChI is InChI=1S/C14H20FN3O3S.ClH/c15-12-4-1-5-13(9-12)22(20,21)18-8-2-3-11(10-18)14(19)17-7-6-16;/h1,4-5,9,11H,2-3,6-8,10,16H2,(H,17,19);1H. The van der Waals surface area contributed by atoms with Gasteiger partial charge >= 0.3 is 0 Å². The van der Waals surface area contributed by atoms with Crippen molar-refractivity contribution in [3.8, 4) is 0 Å². The Labute approximate surface area is 141 Å². The largest absolute Gasteiger partial charge is 0.355 e. The maximum absolute atomic E-state index is 13.3. The first-order valence-corrected chi connectivity index (χ1v) is 8.62. The summed E-state index contributed by atoms with van der Waals surface area (Å²) in [4.78, 5) is 11.9. The highest BCUT2D eigenvalue weighted by atomic mass is 35.5. The predicted octanol–water partition coefficient (Wildman–Crippen LogP) is 0.723. The lowest BCUT2D eigenvalue weighted by atomic mass is 9.99. The maximum Gasteiger partial charge on any atom is 0.243 e. The van der Waals surface area contributed by atoms with Crippen molar-refractivity contribution in [3.63, 3.8) is 0 Å². The molecule has 9 heteroatoms. The Balaban J connectivity index is 0.00000264. The van der Waals surface area contributed by atoms with Crippen molar-refractivity contribution in [1.82, 2.24) is 9.62 Å². The molecule has 1 heterocycles. The van der Waals surface area contributed by atoms with Crippen LogP contribution < -0.4 is 11.1 Å². The second kappa shape index (κ2) is 8.58. The van der Waals surface area contributed by atoms with Crippen LogP contribution in [0.2, 0.25) is 0 Å². The number of amides is 1. The summed E-state index contributed by atoms with van der Waals surface area (Å²) in [6.45, 7) is 1.14. The minimum absolute atomic E-state index is 0. The fourth-order valence-corrected chi connectivity index (χ4v) is 4.05. The van der Waals surface area contributed by atoms with Crippen LogP contribution in [0.5, 0.6) is 0 Å². The van der Waals surface area contributed by atoms with E-state index in [4.69, 9.17) is 5.73 Å². The normalized spacial score (nSPS) is 19.0. The van der Waals surface area contributed by atoms with E-state index < -0.39 is 21.8 Å². The molecule has 0 spiro atoms. The maximum atomic E-state index is 13.3. The number of hydrogen-bond acceptors (Lipinski definition) is 4. The minimum atomic E-state index is -3.78. The van der Waals surface area contributed by atoms with Gasteiger partial charge in [-0.05, 0) is 31.0 Å². The van der Waals surface area contributed by atoms with Crippen LogP contribution in [0.15, 0.2) is 29.2 Å².